The van der Waals surface area contributed by atoms with Crippen LogP contribution in [0.1, 0.15) is 19.8 Å². The van der Waals surface area contributed by atoms with Gasteiger partial charge in [0.2, 0.25) is 0 Å². The Kier molecular flexibility index (Phi) is 3.09. The molecule has 0 fully saturated rings. The minimum Gasteiger partial charge on any atom is -0.463 e. The average molecular weight is 242 g/mol. The van der Waals surface area contributed by atoms with E-state index in [0.29, 0.717) is 24.0 Å². The maximum Gasteiger partial charge on any atom is 0.322 e. The minimum atomic E-state index is 0.222. The molecule has 2 N–H and O–H groups in total. The van der Waals surface area contributed by atoms with Crippen LogP contribution in [0.2, 0.25) is 5.15 Å². The number of nitrogen functional groups attached to an aromatic ring is 1. The number of nitrogens with two attached hydrogens (primary N) is 1. The molecular formula is C9H12ClN5O. The second-order valence-electron chi connectivity index (χ2n) is 3.33. The summed E-state index contributed by atoms with van der Waals surface area (Å²) >= 11 is 5.77. The van der Waals surface area contributed by atoms with Crippen LogP contribution in [0, 0.1) is 0 Å². The van der Waals surface area contributed by atoms with Crippen molar-refractivity contribution in [3.8, 4) is 6.01 Å². The van der Waals surface area contributed by atoms with Gasteiger partial charge in [0.1, 0.15) is 12.0 Å². The van der Waals surface area contributed by atoms with Crippen molar-refractivity contribution in [2.24, 2.45) is 0 Å². The number of rotatable bonds is 4. The molecule has 0 amide bonds. The first-order valence-electron chi connectivity index (χ1n) is 5.01. The normalized spacial score (nSPS) is 10.9. The third kappa shape index (κ3) is 1.88. The fourth-order valence-corrected chi connectivity index (χ4v) is 1.37. The summed E-state index contributed by atoms with van der Waals surface area (Å²) in [6.45, 7) is 2.68. The van der Waals surface area contributed by atoms with Gasteiger partial charge in [-0.2, -0.15) is 0 Å². The Morgan fingerprint density at radius 1 is 1.50 bits per heavy atom. The second kappa shape index (κ2) is 4.52. The van der Waals surface area contributed by atoms with Gasteiger partial charge >= 0.3 is 6.01 Å². The van der Waals surface area contributed by atoms with E-state index in [2.05, 4.69) is 22.1 Å². The van der Waals surface area contributed by atoms with Crippen LogP contribution >= 0.6 is 11.6 Å². The zero-order valence-electron chi connectivity index (χ0n) is 8.85. The van der Waals surface area contributed by atoms with E-state index in [1.807, 2.05) is 0 Å². The first-order chi connectivity index (χ1) is 7.74. The van der Waals surface area contributed by atoms with Crippen molar-refractivity contribution in [2.45, 2.75) is 19.8 Å². The molecule has 2 aromatic heterocycles. The van der Waals surface area contributed by atoms with E-state index < -0.39 is 0 Å². The van der Waals surface area contributed by atoms with Crippen LogP contribution in [0.25, 0.3) is 5.65 Å². The number of hydrogen-bond donors (Lipinski definition) is 1. The summed E-state index contributed by atoms with van der Waals surface area (Å²) in [5.41, 5.74) is 6.48. The summed E-state index contributed by atoms with van der Waals surface area (Å²) in [5.74, 6) is 0. The van der Waals surface area contributed by atoms with Crippen LogP contribution in [0.3, 0.4) is 0 Å². The largest absolute Gasteiger partial charge is 0.463 e. The fourth-order valence-electron chi connectivity index (χ4n) is 1.24. The molecule has 7 heteroatoms. The van der Waals surface area contributed by atoms with Gasteiger partial charge in [-0.15, -0.1) is 5.10 Å². The molecule has 0 aromatic carbocycles. The molecule has 2 aromatic rings. The summed E-state index contributed by atoms with van der Waals surface area (Å²) in [4.78, 5) is 3.91. The van der Waals surface area contributed by atoms with E-state index in [0.717, 1.165) is 12.8 Å². The second-order valence-corrected chi connectivity index (χ2v) is 3.69. The van der Waals surface area contributed by atoms with E-state index >= 15 is 0 Å². The molecule has 0 radical (unpaired) electrons. The molecule has 6 nitrogen and oxygen atoms in total. The van der Waals surface area contributed by atoms with Gasteiger partial charge in [-0.1, -0.05) is 30.0 Å². The highest BCUT2D eigenvalue weighted by Crippen LogP contribution is 2.22. The van der Waals surface area contributed by atoms with E-state index in [4.69, 9.17) is 22.1 Å². The molecule has 0 spiro atoms. The summed E-state index contributed by atoms with van der Waals surface area (Å²) < 4.78 is 7.03. The van der Waals surface area contributed by atoms with E-state index in [1.165, 1.54) is 6.33 Å². The first kappa shape index (κ1) is 10.9. The lowest BCUT2D eigenvalue weighted by atomic mass is 10.4. The first-order valence-corrected chi connectivity index (χ1v) is 5.39. The maximum absolute atomic E-state index is 5.77. The highest BCUT2D eigenvalue weighted by molar-refractivity contribution is 6.32. The zero-order valence-corrected chi connectivity index (χ0v) is 9.61. The van der Waals surface area contributed by atoms with Gasteiger partial charge in [0.15, 0.2) is 10.8 Å². The Balaban J connectivity index is 2.31. The number of ether oxygens (including phenoxy) is 1. The van der Waals surface area contributed by atoms with Gasteiger partial charge in [0.25, 0.3) is 0 Å². The van der Waals surface area contributed by atoms with Crippen LogP contribution < -0.4 is 10.5 Å². The summed E-state index contributed by atoms with van der Waals surface area (Å²) in [7, 11) is 0. The SMILES string of the molecule is CCCCOc1nnc2c(N)c(Cl)ncn12. The van der Waals surface area contributed by atoms with E-state index in [-0.39, 0.29) is 5.15 Å². The fraction of sp³-hybridized carbons (Fsp3) is 0.444. The molecule has 0 aliphatic heterocycles. The van der Waals surface area contributed by atoms with Gasteiger partial charge in [0.05, 0.1) is 6.61 Å². The molecule has 0 atom stereocenters. The van der Waals surface area contributed by atoms with Crippen molar-refractivity contribution < 1.29 is 4.74 Å². The highest BCUT2D eigenvalue weighted by Gasteiger charge is 2.11. The maximum atomic E-state index is 5.77. The molecule has 0 unspecified atom stereocenters. The van der Waals surface area contributed by atoms with Crippen molar-refractivity contribution in [3.63, 3.8) is 0 Å². The molecule has 86 valence electrons. The molecule has 0 saturated carbocycles. The van der Waals surface area contributed by atoms with Crippen molar-refractivity contribution in [1.29, 1.82) is 0 Å². The summed E-state index contributed by atoms with van der Waals surface area (Å²) in [5, 5.41) is 8.00. The van der Waals surface area contributed by atoms with Crippen LogP contribution in [0.5, 0.6) is 6.01 Å². The van der Waals surface area contributed by atoms with E-state index in [1.54, 1.807) is 4.40 Å². The molecule has 0 bridgehead atoms. The van der Waals surface area contributed by atoms with Gasteiger partial charge in [-0.05, 0) is 6.42 Å². The molecule has 0 aliphatic rings. The zero-order chi connectivity index (χ0) is 11.5. The average Bonchev–Trinajstić information content (AvgIpc) is 2.68. The minimum absolute atomic E-state index is 0.222. The molecule has 16 heavy (non-hydrogen) atoms. The standard InChI is InChI=1S/C9H12ClN5O/c1-2-3-4-16-9-14-13-8-6(11)7(10)12-5-15(8)9/h5H,2-4,11H2,1H3. The quantitative estimate of drug-likeness (QED) is 0.649. The number of halogens is 1. The lowest BCUT2D eigenvalue weighted by Gasteiger charge is -2.03. The number of fused-ring (bicyclic) bond motifs is 1. The van der Waals surface area contributed by atoms with Crippen molar-refractivity contribution in [3.05, 3.63) is 11.5 Å². The topological polar surface area (TPSA) is 78.3 Å². The Morgan fingerprint density at radius 2 is 2.31 bits per heavy atom. The number of aromatic nitrogens is 4. The van der Waals surface area contributed by atoms with Crippen LogP contribution in [0.15, 0.2) is 6.33 Å². The number of unbranched alkanes of at least 4 members (excludes halogenated alkanes) is 1. The third-order valence-corrected chi connectivity index (χ3v) is 2.44. The Hall–Kier alpha value is -1.56. The van der Waals surface area contributed by atoms with Crippen molar-refractivity contribution in [1.82, 2.24) is 19.6 Å². The monoisotopic (exact) mass is 241 g/mol. The van der Waals surface area contributed by atoms with Gasteiger partial charge in [0, 0.05) is 0 Å². The Bertz CT molecular complexity index is 498. The smallest absolute Gasteiger partial charge is 0.322 e. The molecule has 2 rings (SSSR count). The highest BCUT2D eigenvalue weighted by atomic mass is 35.5. The Morgan fingerprint density at radius 3 is 3.06 bits per heavy atom. The van der Waals surface area contributed by atoms with Crippen molar-refractivity contribution >= 4 is 22.9 Å². The predicted molar refractivity (Wildman–Crippen MR) is 60.6 cm³/mol. The number of nitrogens with zero attached hydrogens (tertiary/aromatic N) is 4. The van der Waals surface area contributed by atoms with E-state index in [9.17, 15) is 0 Å². The molecule has 0 saturated heterocycles. The molecule has 2 heterocycles. The Labute approximate surface area is 97.4 Å². The third-order valence-electron chi connectivity index (χ3n) is 2.14. The summed E-state index contributed by atoms with van der Waals surface area (Å²) in [6.07, 6.45) is 3.52. The van der Waals surface area contributed by atoms with Crippen molar-refractivity contribution in [2.75, 3.05) is 12.3 Å². The van der Waals surface area contributed by atoms with Gasteiger partial charge < -0.3 is 10.5 Å². The predicted octanol–water partition coefficient (Wildman–Crippen LogP) is 1.54. The molecular weight excluding hydrogens is 230 g/mol. The number of anilines is 1. The van der Waals surface area contributed by atoms with Gasteiger partial charge in [-0.3, -0.25) is 0 Å². The summed E-state index contributed by atoms with van der Waals surface area (Å²) in [6, 6.07) is 0.388. The molecule has 0 aliphatic carbocycles. The van der Waals surface area contributed by atoms with Crippen LogP contribution in [0.4, 0.5) is 5.69 Å². The number of hydrogen-bond acceptors (Lipinski definition) is 5. The van der Waals surface area contributed by atoms with Gasteiger partial charge in [-0.25, -0.2) is 9.38 Å². The van der Waals surface area contributed by atoms with Crippen LogP contribution in [-0.4, -0.2) is 26.2 Å². The lowest BCUT2D eigenvalue weighted by molar-refractivity contribution is 0.282. The van der Waals surface area contributed by atoms with Crippen LogP contribution in [-0.2, 0) is 0 Å². The lowest BCUT2D eigenvalue weighted by Crippen LogP contribution is -2.02.